The van der Waals surface area contributed by atoms with Crippen molar-refractivity contribution in [3.05, 3.63) is 338 Å². The Hall–Kier alpha value is -11.7. The number of nitrogens with zero attached hydrogens (tertiary/aromatic N) is 4. The number of aromatic nitrogens is 3. The lowest BCUT2D eigenvalue weighted by molar-refractivity contribution is 0.660. The van der Waals surface area contributed by atoms with Gasteiger partial charge in [0.1, 0.15) is 0 Å². The van der Waals surface area contributed by atoms with Gasteiger partial charge < -0.3 is 18.6 Å². The Morgan fingerprint density at radius 2 is 0.489 bits per heavy atom. The number of benzene rings is 14. The van der Waals surface area contributed by atoms with E-state index in [4.69, 9.17) is 0 Å². The summed E-state index contributed by atoms with van der Waals surface area (Å²) in [6, 6.07) is 118. The van der Waals surface area contributed by atoms with Crippen molar-refractivity contribution < 1.29 is 0 Å². The number of rotatable bonds is 9. The summed E-state index contributed by atoms with van der Waals surface area (Å²) >= 11 is 0. The lowest BCUT2D eigenvalue weighted by atomic mass is 9.81. The van der Waals surface area contributed by atoms with Crippen molar-refractivity contribution in [3.63, 3.8) is 0 Å². The van der Waals surface area contributed by atoms with Gasteiger partial charge in [0.2, 0.25) is 0 Å². The fourth-order valence-electron chi connectivity index (χ4n) is 16.4. The molecule has 0 saturated carbocycles. The van der Waals surface area contributed by atoms with Crippen LogP contribution in [0.4, 0.5) is 17.1 Å². The van der Waals surface area contributed by atoms with E-state index < -0.39 is 0 Å². The molecule has 94 heavy (non-hydrogen) atoms. The highest BCUT2D eigenvalue weighted by Gasteiger charge is 2.39. The largest absolute Gasteiger partial charge is 0.310 e. The normalized spacial score (nSPS) is 13.5. The van der Waals surface area contributed by atoms with E-state index in [0.29, 0.717) is 0 Å². The molecule has 0 fully saturated rings. The van der Waals surface area contributed by atoms with Gasteiger partial charge in [0, 0.05) is 77.3 Å². The summed E-state index contributed by atoms with van der Waals surface area (Å²) in [5.74, 6) is 0. The second-order valence-electron chi connectivity index (χ2n) is 26.9. The molecule has 0 atom stereocenters. The first-order valence-electron chi connectivity index (χ1n) is 32.9. The molecule has 0 N–H and O–H groups in total. The maximum Gasteiger partial charge on any atom is 0.0547 e. The van der Waals surface area contributed by atoms with Gasteiger partial charge >= 0.3 is 0 Å². The fourth-order valence-corrected chi connectivity index (χ4v) is 16.4. The summed E-state index contributed by atoms with van der Waals surface area (Å²) in [6.45, 7) is 9.66. The van der Waals surface area contributed by atoms with E-state index in [1.165, 1.54) is 143 Å². The molecule has 2 aliphatic rings. The number of hydrogen-bond donors (Lipinski definition) is 0. The van der Waals surface area contributed by atoms with E-state index in [2.05, 4.69) is 362 Å². The van der Waals surface area contributed by atoms with Gasteiger partial charge in [-0.1, -0.05) is 222 Å². The molecule has 19 rings (SSSR count). The quantitative estimate of drug-likeness (QED) is 0.141. The highest BCUT2D eigenvalue weighted by atomic mass is 15.1. The average molecular weight is 1200 g/mol. The Balaban J connectivity index is 0.701. The molecule has 0 bridgehead atoms. The van der Waals surface area contributed by atoms with Crippen molar-refractivity contribution in [3.8, 4) is 72.7 Å². The molecule has 3 heterocycles. The third-order valence-electron chi connectivity index (χ3n) is 21.0. The molecule has 0 amide bonds. The molecule has 0 spiro atoms. The Bertz CT molecular complexity index is 5630. The fraction of sp³-hybridized carbons (Fsp3) is 0.0667. The summed E-state index contributed by atoms with van der Waals surface area (Å²) in [7, 11) is 0. The van der Waals surface area contributed by atoms with E-state index in [1.54, 1.807) is 0 Å². The van der Waals surface area contributed by atoms with E-state index in [0.717, 1.165) is 34.1 Å². The van der Waals surface area contributed by atoms with Crippen molar-refractivity contribution in [2.75, 3.05) is 4.90 Å². The van der Waals surface area contributed by atoms with Crippen LogP contribution in [0.25, 0.3) is 138 Å². The second kappa shape index (κ2) is 20.4. The van der Waals surface area contributed by atoms with Crippen LogP contribution in [0.2, 0.25) is 0 Å². The number of fused-ring (bicyclic) bond motifs is 15. The number of para-hydroxylation sites is 6. The maximum atomic E-state index is 2.49. The predicted octanol–water partition coefficient (Wildman–Crippen LogP) is 24.1. The molecule has 2 aliphatic carbocycles. The molecule has 444 valence electrons. The monoisotopic (exact) mass is 1200 g/mol. The molecule has 17 aromatic rings. The molecule has 3 aromatic heterocycles. The van der Waals surface area contributed by atoms with E-state index in [-0.39, 0.29) is 10.8 Å². The molecule has 0 saturated heterocycles. The highest BCUT2D eigenvalue weighted by molar-refractivity contribution is 6.12. The Morgan fingerprint density at radius 3 is 0.894 bits per heavy atom. The van der Waals surface area contributed by atoms with Gasteiger partial charge in [-0.3, -0.25) is 0 Å². The molecular weight excluding hydrogens is 1140 g/mol. The summed E-state index contributed by atoms with van der Waals surface area (Å²) in [5.41, 5.74) is 31.2. The predicted molar refractivity (Wildman–Crippen MR) is 396 cm³/mol. The van der Waals surface area contributed by atoms with Crippen molar-refractivity contribution in [1.82, 2.24) is 13.7 Å². The molecular formula is C90H64N4. The zero-order chi connectivity index (χ0) is 62.6. The summed E-state index contributed by atoms with van der Waals surface area (Å²) < 4.78 is 7.22. The van der Waals surface area contributed by atoms with Gasteiger partial charge in [-0.15, -0.1) is 0 Å². The summed E-state index contributed by atoms with van der Waals surface area (Å²) in [4.78, 5) is 2.49. The SMILES string of the molecule is CC1(C)c2cc(-c3ccc4c5ccccc5n(-c5ccccc5)c4c3)ccc2-c2ccc(N(c3ccc(-c4ccc(-n5c6ccccc6c6ccccc65)cc4)cc3)c3ccc4c(c3)C(C)(C)c3cc(-c5ccc6c7ccccc7n(-c7ccccc7)c6c5)ccc3-4)cc21. The zero-order valence-electron chi connectivity index (χ0n) is 52.8. The van der Waals surface area contributed by atoms with Crippen LogP contribution in [-0.4, -0.2) is 13.7 Å². The Kier molecular flexibility index (Phi) is 11.7. The molecule has 4 nitrogen and oxygen atoms in total. The van der Waals surface area contributed by atoms with Crippen molar-refractivity contribution in [2.24, 2.45) is 0 Å². The summed E-state index contributed by atoms with van der Waals surface area (Å²) in [6.07, 6.45) is 0. The van der Waals surface area contributed by atoms with Gasteiger partial charge in [0.25, 0.3) is 0 Å². The first kappa shape index (κ1) is 54.1. The summed E-state index contributed by atoms with van der Waals surface area (Å²) in [5, 5.41) is 7.57. The van der Waals surface area contributed by atoms with Gasteiger partial charge in [0.05, 0.1) is 33.1 Å². The van der Waals surface area contributed by atoms with Crippen LogP contribution in [0, 0.1) is 0 Å². The van der Waals surface area contributed by atoms with E-state index in [1.807, 2.05) is 0 Å². The number of anilines is 3. The lowest BCUT2D eigenvalue weighted by Gasteiger charge is -2.30. The molecule has 0 aliphatic heterocycles. The molecule has 14 aromatic carbocycles. The molecule has 0 unspecified atom stereocenters. The maximum absolute atomic E-state index is 2.49. The second-order valence-corrected chi connectivity index (χ2v) is 26.9. The Labute approximate surface area is 546 Å². The van der Waals surface area contributed by atoms with Crippen LogP contribution in [0.15, 0.2) is 315 Å². The zero-order valence-corrected chi connectivity index (χ0v) is 52.8. The lowest BCUT2D eigenvalue weighted by Crippen LogP contribution is -2.18. The van der Waals surface area contributed by atoms with Crippen LogP contribution < -0.4 is 4.90 Å². The van der Waals surface area contributed by atoms with Crippen LogP contribution in [0.5, 0.6) is 0 Å². The van der Waals surface area contributed by atoms with Gasteiger partial charge in [0.15, 0.2) is 0 Å². The van der Waals surface area contributed by atoms with Gasteiger partial charge in [-0.2, -0.15) is 0 Å². The van der Waals surface area contributed by atoms with Crippen LogP contribution >= 0.6 is 0 Å². The Morgan fingerprint density at radius 1 is 0.213 bits per heavy atom. The van der Waals surface area contributed by atoms with Crippen molar-refractivity contribution >= 4 is 82.5 Å². The third-order valence-corrected chi connectivity index (χ3v) is 21.0. The molecule has 0 radical (unpaired) electrons. The topological polar surface area (TPSA) is 18.0 Å². The van der Waals surface area contributed by atoms with Crippen LogP contribution in [0.3, 0.4) is 0 Å². The smallest absolute Gasteiger partial charge is 0.0547 e. The van der Waals surface area contributed by atoms with Gasteiger partial charge in [-0.25, -0.2) is 0 Å². The third kappa shape index (κ3) is 8.06. The van der Waals surface area contributed by atoms with Gasteiger partial charge in [-0.05, 0) is 199 Å². The minimum absolute atomic E-state index is 0.289. The first-order chi connectivity index (χ1) is 46.1. The van der Waals surface area contributed by atoms with E-state index >= 15 is 0 Å². The molecule has 4 heteroatoms. The minimum atomic E-state index is -0.289. The average Bonchev–Trinajstić information content (AvgIpc) is 1.57. The standard InChI is InChI=1S/C90H64N4/c1-89(2)79-51-59(61-37-47-77-75-25-13-17-29-85(75)93(87(77)53-61)63-19-7-5-8-20-63)35-45-69(79)71-49-43-67(55-81(71)89)91(65-39-31-57(32-40-65)58-33-41-66(42-34-58)92-83-27-15-11-23-73(83)74-24-12-16-28-84(74)92)68-44-50-72-70-46-36-60(52-80(70)90(3,4)82(72)56-68)62-38-48-78-76-26-14-18-30-86(76)94(88(78)54-62)64-21-9-6-10-22-64/h5-56H,1-4H3. The highest BCUT2D eigenvalue weighted by Crippen LogP contribution is 2.55. The van der Waals surface area contributed by atoms with E-state index in [9.17, 15) is 0 Å². The van der Waals surface area contributed by atoms with Crippen LogP contribution in [0.1, 0.15) is 49.9 Å². The van der Waals surface area contributed by atoms with Crippen LogP contribution in [-0.2, 0) is 10.8 Å². The number of hydrogen-bond acceptors (Lipinski definition) is 1. The minimum Gasteiger partial charge on any atom is -0.310 e. The first-order valence-corrected chi connectivity index (χ1v) is 32.9. The van der Waals surface area contributed by atoms with Crippen molar-refractivity contribution in [1.29, 1.82) is 0 Å². The van der Waals surface area contributed by atoms with Crippen molar-refractivity contribution in [2.45, 2.75) is 38.5 Å².